The van der Waals surface area contributed by atoms with Crippen LogP contribution >= 0.6 is 0 Å². The Morgan fingerprint density at radius 3 is 2.73 bits per heavy atom. The summed E-state index contributed by atoms with van der Waals surface area (Å²) in [6, 6.07) is 6.07. The maximum absolute atomic E-state index is 12.4. The Hall–Kier alpha value is -3.35. The molecule has 0 aliphatic rings. The highest BCUT2D eigenvalue weighted by Gasteiger charge is 2.16. The van der Waals surface area contributed by atoms with E-state index in [9.17, 15) is 23.7 Å². The van der Waals surface area contributed by atoms with E-state index in [1.54, 1.807) is 6.07 Å². The summed E-state index contributed by atoms with van der Waals surface area (Å²) in [6.45, 7) is -2.88. The highest BCUT2D eigenvalue weighted by molar-refractivity contribution is 6.03. The van der Waals surface area contributed by atoms with Crippen molar-refractivity contribution in [3.63, 3.8) is 0 Å². The number of anilines is 1. The minimum atomic E-state index is -2.88. The number of carbonyl (C=O) groups excluding carboxylic acids is 1. The van der Waals surface area contributed by atoms with Gasteiger partial charge in [-0.05, 0) is 12.1 Å². The molecule has 1 heterocycles. The Balaban J connectivity index is 2.24. The fourth-order valence-electron chi connectivity index (χ4n) is 1.60. The van der Waals surface area contributed by atoms with Gasteiger partial charge in [-0.2, -0.15) is 19.1 Å². The van der Waals surface area contributed by atoms with E-state index in [0.717, 1.165) is 24.4 Å². The molecule has 22 heavy (non-hydrogen) atoms. The van der Waals surface area contributed by atoms with E-state index < -0.39 is 17.4 Å². The lowest BCUT2D eigenvalue weighted by Crippen LogP contribution is -2.14. The van der Waals surface area contributed by atoms with Gasteiger partial charge in [0, 0.05) is 18.3 Å². The van der Waals surface area contributed by atoms with Crippen molar-refractivity contribution in [3.05, 3.63) is 51.8 Å². The number of halogens is 2. The molecule has 0 unspecified atom stereocenters. The number of nitrogens with one attached hydrogen (secondary N) is 1. The summed E-state index contributed by atoms with van der Waals surface area (Å²) in [5.41, 5.74) is -0.695. The molecule has 1 N–H and O–H groups in total. The Bertz CT molecular complexity index is 781. The van der Waals surface area contributed by atoms with Crippen LogP contribution in [0.25, 0.3) is 0 Å². The molecule has 0 bridgehead atoms. The maximum Gasteiger partial charge on any atom is 0.333 e. The number of benzene rings is 1. The number of amides is 1. The molecule has 0 saturated carbocycles. The number of hydrogen-bond acceptors (Lipinski definition) is 5. The van der Waals surface area contributed by atoms with Crippen LogP contribution in [0.2, 0.25) is 0 Å². The second-order valence-corrected chi connectivity index (χ2v) is 4.01. The quantitative estimate of drug-likeness (QED) is 0.687. The van der Waals surface area contributed by atoms with Gasteiger partial charge in [0.1, 0.15) is 6.07 Å². The first-order valence-corrected chi connectivity index (χ1v) is 5.75. The van der Waals surface area contributed by atoms with Crippen LogP contribution in [0.15, 0.2) is 30.5 Å². The minimum absolute atomic E-state index is 0.0182. The number of alkyl halides is 2. The number of nitriles is 1. The third-order valence-corrected chi connectivity index (χ3v) is 2.62. The fourth-order valence-corrected chi connectivity index (χ4v) is 1.60. The van der Waals surface area contributed by atoms with Crippen LogP contribution in [0.5, 0.6) is 0 Å². The van der Waals surface area contributed by atoms with Gasteiger partial charge in [0.2, 0.25) is 0 Å². The monoisotopic (exact) mass is 307 g/mol. The van der Waals surface area contributed by atoms with E-state index in [-0.39, 0.29) is 22.6 Å². The van der Waals surface area contributed by atoms with Gasteiger partial charge in [0.05, 0.1) is 16.2 Å². The van der Waals surface area contributed by atoms with Gasteiger partial charge in [-0.15, -0.1) is 0 Å². The average molecular weight is 307 g/mol. The molecule has 8 nitrogen and oxygen atoms in total. The van der Waals surface area contributed by atoms with E-state index in [1.165, 1.54) is 6.07 Å². The standard InChI is InChI=1S/C12H7F2N5O3/c13-12(14)18-4-3-10(17-18)11(20)16-9-2-1-8(19(21)22)5-7(9)6-15/h1-5,12H,(H,16,20). The first kappa shape index (κ1) is 15.0. The summed E-state index contributed by atoms with van der Waals surface area (Å²) in [4.78, 5) is 21.8. The summed E-state index contributed by atoms with van der Waals surface area (Å²) in [7, 11) is 0. The first-order valence-electron chi connectivity index (χ1n) is 5.75. The normalized spacial score (nSPS) is 10.3. The minimum Gasteiger partial charge on any atom is -0.319 e. The number of rotatable bonds is 4. The summed E-state index contributed by atoms with van der Waals surface area (Å²) in [5.74, 6) is -0.815. The van der Waals surface area contributed by atoms with Gasteiger partial charge in [-0.1, -0.05) is 0 Å². The van der Waals surface area contributed by atoms with Gasteiger partial charge in [0.25, 0.3) is 11.6 Å². The van der Waals surface area contributed by atoms with Crippen LogP contribution in [0.4, 0.5) is 20.2 Å². The lowest BCUT2D eigenvalue weighted by molar-refractivity contribution is -0.384. The number of nitrogens with zero attached hydrogens (tertiary/aromatic N) is 4. The van der Waals surface area contributed by atoms with E-state index in [1.807, 2.05) is 0 Å². The average Bonchev–Trinajstić information content (AvgIpc) is 2.97. The highest BCUT2D eigenvalue weighted by Crippen LogP contribution is 2.22. The van der Waals surface area contributed by atoms with Crippen molar-refractivity contribution < 1.29 is 18.5 Å². The number of non-ortho nitro benzene ring substituents is 1. The summed E-state index contributed by atoms with van der Waals surface area (Å²) < 4.78 is 25.0. The van der Waals surface area contributed by atoms with Crippen molar-refractivity contribution in [2.24, 2.45) is 0 Å². The van der Waals surface area contributed by atoms with Crippen LogP contribution in [-0.2, 0) is 0 Å². The van der Waals surface area contributed by atoms with Crippen LogP contribution in [0.3, 0.4) is 0 Å². The fraction of sp³-hybridized carbons (Fsp3) is 0.0833. The molecule has 0 aliphatic heterocycles. The second kappa shape index (κ2) is 5.96. The third-order valence-electron chi connectivity index (χ3n) is 2.62. The second-order valence-electron chi connectivity index (χ2n) is 4.01. The van der Waals surface area contributed by atoms with Gasteiger partial charge in [0.15, 0.2) is 5.69 Å². The molecule has 10 heteroatoms. The van der Waals surface area contributed by atoms with Gasteiger partial charge in [-0.3, -0.25) is 14.9 Å². The van der Waals surface area contributed by atoms with Gasteiger partial charge >= 0.3 is 6.55 Å². The van der Waals surface area contributed by atoms with Crippen molar-refractivity contribution in [2.75, 3.05) is 5.32 Å². The molecule has 1 aromatic carbocycles. The zero-order valence-electron chi connectivity index (χ0n) is 10.7. The Labute approximate surface area is 121 Å². The molecule has 0 spiro atoms. The van der Waals surface area contributed by atoms with E-state index in [2.05, 4.69) is 10.4 Å². The lowest BCUT2D eigenvalue weighted by atomic mass is 10.1. The smallest absolute Gasteiger partial charge is 0.319 e. The van der Waals surface area contributed by atoms with Crippen molar-refractivity contribution in [2.45, 2.75) is 6.55 Å². The molecule has 2 rings (SSSR count). The van der Waals surface area contributed by atoms with Crippen molar-refractivity contribution in [1.82, 2.24) is 9.78 Å². The number of hydrogen-bond donors (Lipinski definition) is 1. The number of nitro groups is 1. The lowest BCUT2D eigenvalue weighted by Gasteiger charge is -2.05. The maximum atomic E-state index is 12.4. The third kappa shape index (κ3) is 3.04. The SMILES string of the molecule is N#Cc1cc([N+](=O)[O-])ccc1NC(=O)c1ccn(C(F)F)n1. The summed E-state index contributed by atoms with van der Waals surface area (Å²) >= 11 is 0. The summed E-state index contributed by atoms with van der Waals surface area (Å²) in [5, 5.41) is 25.2. The topological polar surface area (TPSA) is 114 Å². The number of aromatic nitrogens is 2. The zero-order chi connectivity index (χ0) is 16.3. The van der Waals surface area contributed by atoms with Crippen LogP contribution in [0, 0.1) is 21.4 Å². The Kier molecular flexibility index (Phi) is 4.08. The predicted octanol–water partition coefficient (Wildman–Crippen LogP) is 2.31. The molecule has 0 radical (unpaired) electrons. The van der Waals surface area contributed by atoms with Crippen LogP contribution < -0.4 is 5.32 Å². The zero-order valence-corrected chi connectivity index (χ0v) is 10.7. The van der Waals surface area contributed by atoms with E-state index in [4.69, 9.17) is 5.26 Å². The van der Waals surface area contributed by atoms with Crippen molar-refractivity contribution in [1.29, 1.82) is 5.26 Å². The molecule has 2 aromatic rings. The number of nitro benzene ring substituents is 1. The summed E-state index contributed by atoms with van der Waals surface area (Å²) in [6.07, 6.45) is 0.931. The Morgan fingerprint density at radius 1 is 1.45 bits per heavy atom. The van der Waals surface area contributed by atoms with E-state index in [0.29, 0.717) is 4.68 Å². The molecule has 1 amide bonds. The predicted molar refractivity (Wildman–Crippen MR) is 69.2 cm³/mol. The van der Waals surface area contributed by atoms with Crippen LogP contribution in [-0.4, -0.2) is 20.6 Å². The number of carbonyl (C=O) groups is 1. The first-order chi connectivity index (χ1) is 10.4. The highest BCUT2D eigenvalue weighted by atomic mass is 19.3. The molecular weight excluding hydrogens is 300 g/mol. The largest absolute Gasteiger partial charge is 0.333 e. The molecule has 0 fully saturated rings. The van der Waals surface area contributed by atoms with Gasteiger partial charge < -0.3 is 5.32 Å². The van der Waals surface area contributed by atoms with Crippen LogP contribution in [0.1, 0.15) is 22.6 Å². The molecular formula is C12H7F2N5O3. The van der Waals surface area contributed by atoms with Crippen molar-refractivity contribution >= 4 is 17.3 Å². The Morgan fingerprint density at radius 2 is 2.18 bits per heavy atom. The van der Waals surface area contributed by atoms with E-state index >= 15 is 0 Å². The molecule has 0 saturated heterocycles. The van der Waals surface area contributed by atoms with Gasteiger partial charge in [-0.25, -0.2) is 4.68 Å². The molecule has 0 atom stereocenters. The molecule has 0 aliphatic carbocycles. The van der Waals surface area contributed by atoms with Crippen molar-refractivity contribution in [3.8, 4) is 6.07 Å². The molecule has 112 valence electrons. The molecule has 1 aromatic heterocycles.